The summed E-state index contributed by atoms with van der Waals surface area (Å²) < 4.78 is 32.6. The summed E-state index contributed by atoms with van der Waals surface area (Å²) in [6.07, 6.45) is 0.177. The Morgan fingerprint density at radius 2 is 1.71 bits per heavy atom. The highest BCUT2D eigenvalue weighted by atomic mass is 32.2. The number of fused-ring (bicyclic) bond motifs is 3. The Morgan fingerprint density at radius 3 is 2.46 bits per heavy atom. The number of para-hydroxylation sites is 1. The topological polar surface area (TPSA) is 65.1 Å². The zero-order chi connectivity index (χ0) is 16.7. The number of rotatable bonds is 3. The summed E-state index contributed by atoms with van der Waals surface area (Å²) in [7, 11) is -2.31. The van der Waals surface area contributed by atoms with E-state index in [2.05, 4.69) is 0 Å². The highest BCUT2D eigenvalue weighted by molar-refractivity contribution is 7.93. The maximum Gasteiger partial charge on any atom is 0.266 e. The molecule has 0 fully saturated rings. The number of hydrogen-bond acceptors (Lipinski definition) is 5. The van der Waals surface area contributed by atoms with Crippen LogP contribution in [0, 0.1) is 0 Å². The minimum Gasteiger partial charge on any atom is -0.350 e. The van der Waals surface area contributed by atoms with Gasteiger partial charge in [-0.3, -0.25) is 0 Å². The molecular formula is C17H15NO5S. The molecule has 0 aromatic heterocycles. The van der Waals surface area contributed by atoms with Crippen molar-refractivity contribution in [2.45, 2.75) is 17.4 Å². The number of hydrogen-bond donors (Lipinski definition) is 0. The predicted molar refractivity (Wildman–Crippen MR) is 87.3 cm³/mol. The van der Waals surface area contributed by atoms with E-state index in [0.29, 0.717) is 11.3 Å². The number of sulfonamides is 1. The molecule has 2 aliphatic heterocycles. The summed E-state index contributed by atoms with van der Waals surface area (Å²) in [4.78, 5) is 10.7. The van der Waals surface area contributed by atoms with Gasteiger partial charge in [-0.1, -0.05) is 36.4 Å². The molecule has 0 N–H and O–H groups in total. The molecule has 2 aliphatic rings. The van der Waals surface area contributed by atoms with Gasteiger partial charge in [0.25, 0.3) is 10.0 Å². The van der Waals surface area contributed by atoms with Crippen LogP contribution in [0.1, 0.15) is 5.56 Å². The number of methoxy groups -OCH3 is 1. The molecule has 4 rings (SSSR count). The predicted octanol–water partition coefficient (Wildman–Crippen LogP) is 2.54. The normalized spacial score (nSPS) is 22.7. The van der Waals surface area contributed by atoms with Crippen LogP contribution in [0.2, 0.25) is 0 Å². The van der Waals surface area contributed by atoms with E-state index in [1.807, 2.05) is 12.1 Å². The molecule has 0 bridgehead atoms. The average molecular weight is 345 g/mol. The third-order valence-corrected chi connectivity index (χ3v) is 5.79. The zero-order valence-corrected chi connectivity index (χ0v) is 13.6. The summed E-state index contributed by atoms with van der Waals surface area (Å²) >= 11 is 0. The number of ether oxygens (including phenoxy) is 1. The lowest BCUT2D eigenvalue weighted by atomic mass is 10.1. The molecule has 0 aliphatic carbocycles. The van der Waals surface area contributed by atoms with Crippen molar-refractivity contribution >= 4 is 21.3 Å². The van der Waals surface area contributed by atoms with Crippen molar-refractivity contribution in [2.75, 3.05) is 11.4 Å². The van der Waals surface area contributed by atoms with Gasteiger partial charge in [0.2, 0.25) is 12.5 Å². The Balaban J connectivity index is 1.88. The maximum absolute atomic E-state index is 13.1. The molecule has 124 valence electrons. The lowest BCUT2D eigenvalue weighted by molar-refractivity contribution is -0.376. The van der Waals surface area contributed by atoms with Gasteiger partial charge in [0.1, 0.15) is 0 Å². The first-order valence-corrected chi connectivity index (χ1v) is 8.82. The minimum absolute atomic E-state index is 0.193. The molecule has 7 heteroatoms. The molecule has 24 heavy (non-hydrogen) atoms. The van der Waals surface area contributed by atoms with Gasteiger partial charge in [0.15, 0.2) is 0 Å². The first kappa shape index (κ1) is 15.3. The van der Waals surface area contributed by atoms with Gasteiger partial charge < -0.3 is 4.74 Å². The quantitative estimate of drug-likeness (QED) is 0.800. The molecule has 0 radical (unpaired) electrons. The summed E-state index contributed by atoms with van der Waals surface area (Å²) in [6, 6.07) is 15.5. The molecular weight excluding hydrogens is 330 g/mol. The van der Waals surface area contributed by atoms with Gasteiger partial charge in [-0.2, -0.15) is 4.89 Å². The first-order chi connectivity index (χ1) is 11.6. The highest BCUT2D eigenvalue weighted by Gasteiger charge is 2.45. The third kappa shape index (κ3) is 2.25. The highest BCUT2D eigenvalue weighted by Crippen LogP contribution is 2.45. The van der Waals surface area contributed by atoms with Gasteiger partial charge in [-0.05, 0) is 24.3 Å². The third-order valence-electron chi connectivity index (χ3n) is 4.02. The van der Waals surface area contributed by atoms with Crippen molar-refractivity contribution in [3.8, 4) is 0 Å². The van der Waals surface area contributed by atoms with Crippen molar-refractivity contribution in [3.05, 3.63) is 66.2 Å². The van der Waals surface area contributed by atoms with Crippen molar-refractivity contribution in [2.24, 2.45) is 0 Å². The lowest BCUT2D eigenvalue weighted by Gasteiger charge is -2.29. The fourth-order valence-electron chi connectivity index (χ4n) is 2.91. The van der Waals surface area contributed by atoms with Crippen LogP contribution >= 0.6 is 0 Å². The Morgan fingerprint density at radius 1 is 1.00 bits per heavy atom. The van der Waals surface area contributed by atoms with E-state index in [0.717, 1.165) is 5.56 Å². The standard InChI is InChI=1S/C17H15NO5S/c1-21-16-11-14-13-9-5-6-10-15(13)18(17(14)23-22-16)24(19,20)12-7-3-2-4-8-12/h2-11,16-17H,1H3/t16-,17+/m1/s1. The van der Waals surface area contributed by atoms with Crippen LogP contribution < -0.4 is 4.31 Å². The van der Waals surface area contributed by atoms with Crippen LogP contribution in [0.15, 0.2) is 65.6 Å². The van der Waals surface area contributed by atoms with Crippen LogP contribution in [-0.2, 0) is 24.5 Å². The molecule has 6 nitrogen and oxygen atoms in total. The van der Waals surface area contributed by atoms with Crippen LogP contribution in [-0.4, -0.2) is 28.0 Å². The van der Waals surface area contributed by atoms with Crippen molar-refractivity contribution in [3.63, 3.8) is 0 Å². The van der Waals surface area contributed by atoms with Crippen molar-refractivity contribution in [1.29, 1.82) is 0 Å². The van der Waals surface area contributed by atoms with Crippen LogP contribution in [0.4, 0.5) is 5.69 Å². The second-order valence-electron chi connectivity index (χ2n) is 5.40. The van der Waals surface area contributed by atoms with Crippen LogP contribution in [0.25, 0.3) is 5.57 Å². The van der Waals surface area contributed by atoms with Gasteiger partial charge in [0.05, 0.1) is 10.6 Å². The molecule has 2 atom stereocenters. The van der Waals surface area contributed by atoms with Gasteiger partial charge in [-0.25, -0.2) is 17.6 Å². The molecule has 0 spiro atoms. The Kier molecular flexibility index (Phi) is 3.65. The summed E-state index contributed by atoms with van der Waals surface area (Å²) in [5, 5.41) is 0. The van der Waals surface area contributed by atoms with Crippen LogP contribution in [0.5, 0.6) is 0 Å². The Bertz CT molecular complexity index is 894. The van der Waals surface area contributed by atoms with Gasteiger partial charge >= 0.3 is 0 Å². The second kappa shape index (κ2) is 5.71. The molecule has 2 aromatic carbocycles. The van der Waals surface area contributed by atoms with E-state index in [-0.39, 0.29) is 4.90 Å². The second-order valence-corrected chi connectivity index (χ2v) is 7.22. The van der Waals surface area contributed by atoms with Gasteiger partial charge in [0, 0.05) is 18.2 Å². The molecule has 2 heterocycles. The average Bonchev–Trinajstić information content (AvgIpc) is 2.96. The summed E-state index contributed by atoms with van der Waals surface area (Å²) in [6.45, 7) is 0. The van der Waals surface area contributed by atoms with Gasteiger partial charge in [-0.15, -0.1) is 0 Å². The Labute approximate surface area is 139 Å². The largest absolute Gasteiger partial charge is 0.350 e. The molecule has 0 unspecified atom stereocenters. The van der Waals surface area contributed by atoms with E-state index >= 15 is 0 Å². The summed E-state index contributed by atoms with van der Waals surface area (Å²) in [5.41, 5.74) is 2.05. The van der Waals surface area contributed by atoms with Crippen molar-refractivity contribution < 1.29 is 22.9 Å². The molecule has 2 aromatic rings. The fraction of sp³-hybridized carbons (Fsp3) is 0.176. The van der Waals surface area contributed by atoms with Crippen molar-refractivity contribution in [1.82, 2.24) is 0 Å². The SMILES string of the molecule is CO[C@H]1C=C2c3ccccc3N(S(=O)(=O)c3ccccc3)[C@H]2OO1. The van der Waals surface area contributed by atoms with Crippen LogP contribution in [0.3, 0.4) is 0 Å². The van der Waals surface area contributed by atoms with E-state index < -0.39 is 22.5 Å². The lowest BCUT2D eigenvalue weighted by Crippen LogP contribution is -2.41. The van der Waals surface area contributed by atoms with E-state index in [1.54, 1.807) is 48.5 Å². The number of benzene rings is 2. The van der Waals surface area contributed by atoms with E-state index in [1.165, 1.54) is 11.4 Å². The Hall–Kier alpha value is -2.19. The van der Waals surface area contributed by atoms with E-state index in [4.69, 9.17) is 14.5 Å². The maximum atomic E-state index is 13.1. The molecule has 0 saturated carbocycles. The summed E-state index contributed by atoms with van der Waals surface area (Å²) in [5.74, 6) is 0. The number of nitrogens with zero attached hydrogens (tertiary/aromatic N) is 1. The fourth-order valence-corrected chi connectivity index (χ4v) is 4.46. The molecule has 0 amide bonds. The first-order valence-electron chi connectivity index (χ1n) is 7.38. The monoisotopic (exact) mass is 345 g/mol. The smallest absolute Gasteiger partial charge is 0.266 e. The van der Waals surface area contributed by atoms with E-state index in [9.17, 15) is 8.42 Å². The number of anilines is 1. The zero-order valence-electron chi connectivity index (χ0n) is 12.8. The minimum atomic E-state index is -3.80. The molecule has 0 saturated heterocycles.